The number of carbonyl (C=O) groups excluding carboxylic acids is 1. The average Bonchev–Trinajstić information content (AvgIpc) is 1.79. The van der Waals surface area contributed by atoms with E-state index in [2.05, 4.69) is 5.32 Å². The molecule has 0 heterocycles. The van der Waals surface area contributed by atoms with Crippen molar-refractivity contribution >= 4 is 5.91 Å². The van der Waals surface area contributed by atoms with E-state index in [9.17, 15) is 18.0 Å². The maximum atomic E-state index is 11.6. The zero-order valence-electron chi connectivity index (χ0n) is 7.03. The first-order valence-electron chi connectivity index (χ1n) is 3.64. The molecule has 0 aliphatic rings. The molecule has 0 unspecified atom stereocenters. The third kappa shape index (κ3) is 7.37. The van der Waals surface area contributed by atoms with Gasteiger partial charge in [0.15, 0.2) is 0 Å². The van der Waals surface area contributed by atoms with Crippen LogP contribution in [0.2, 0.25) is 0 Å². The number of hydrogen-bond donors (Lipinski definition) is 1. The molecular weight excluding hydrogens is 171 g/mol. The van der Waals surface area contributed by atoms with Crippen LogP contribution in [0.4, 0.5) is 13.2 Å². The van der Waals surface area contributed by atoms with Crippen LogP contribution >= 0.6 is 0 Å². The van der Waals surface area contributed by atoms with Crippen molar-refractivity contribution in [2.75, 3.05) is 6.54 Å². The molecule has 1 N–H and O–H groups in total. The minimum atomic E-state index is -4.40. The summed E-state index contributed by atoms with van der Waals surface area (Å²) in [6.45, 7) is 3.91. The molecule has 72 valence electrons. The summed E-state index contributed by atoms with van der Waals surface area (Å²) < 4.78 is 34.7. The van der Waals surface area contributed by atoms with Gasteiger partial charge in [0.25, 0.3) is 0 Å². The Morgan fingerprint density at radius 1 is 1.42 bits per heavy atom. The summed E-state index contributed by atoms with van der Waals surface area (Å²) in [5.74, 6) is -0.793. The molecule has 0 aliphatic carbocycles. The quantitative estimate of drug-likeness (QED) is 0.709. The number of halogens is 3. The third-order valence-corrected chi connectivity index (χ3v) is 1.07. The average molecular weight is 183 g/mol. The lowest BCUT2D eigenvalue weighted by Crippen LogP contribution is -2.31. The van der Waals surface area contributed by atoms with Gasteiger partial charge in [0.1, 0.15) is 6.42 Å². The predicted octanol–water partition coefficient (Wildman–Crippen LogP) is 1.71. The van der Waals surface area contributed by atoms with Crippen LogP contribution in [0, 0.1) is 5.92 Å². The van der Waals surface area contributed by atoms with E-state index in [1.807, 2.05) is 13.8 Å². The standard InChI is InChI=1S/C7H12F3NO/c1-5(2)4-11-6(12)3-7(8,9)10/h5H,3-4H2,1-2H3,(H,11,12). The number of carbonyl (C=O) groups is 1. The van der Waals surface area contributed by atoms with Crippen molar-refractivity contribution in [2.24, 2.45) is 5.92 Å². The van der Waals surface area contributed by atoms with Crippen molar-refractivity contribution in [1.82, 2.24) is 5.32 Å². The van der Waals surface area contributed by atoms with E-state index in [4.69, 9.17) is 0 Å². The molecule has 0 aliphatic heterocycles. The van der Waals surface area contributed by atoms with E-state index in [0.29, 0.717) is 0 Å². The summed E-state index contributed by atoms with van der Waals surface area (Å²) in [5, 5.41) is 2.18. The first-order valence-corrected chi connectivity index (χ1v) is 3.64. The minimum absolute atomic E-state index is 0.169. The van der Waals surface area contributed by atoms with Crippen LogP contribution in [0.15, 0.2) is 0 Å². The van der Waals surface area contributed by atoms with Crippen molar-refractivity contribution in [3.63, 3.8) is 0 Å². The van der Waals surface area contributed by atoms with Gasteiger partial charge in [0.05, 0.1) is 0 Å². The van der Waals surface area contributed by atoms with Crippen LogP contribution in [-0.4, -0.2) is 18.6 Å². The number of rotatable bonds is 3. The van der Waals surface area contributed by atoms with Crippen LogP contribution in [0.25, 0.3) is 0 Å². The second-order valence-corrected chi connectivity index (χ2v) is 2.99. The number of nitrogens with one attached hydrogen (secondary N) is 1. The van der Waals surface area contributed by atoms with Crippen LogP contribution in [0.1, 0.15) is 20.3 Å². The SMILES string of the molecule is CC(C)CNC(=O)CC(F)(F)F. The molecule has 0 radical (unpaired) electrons. The molecule has 0 aromatic carbocycles. The molecule has 0 spiro atoms. The minimum Gasteiger partial charge on any atom is -0.356 e. The van der Waals surface area contributed by atoms with Crippen LogP contribution in [0.3, 0.4) is 0 Å². The number of hydrogen-bond acceptors (Lipinski definition) is 1. The normalized spacial score (nSPS) is 11.8. The highest BCUT2D eigenvalue weighted by Gasteiger charge is 2.30. The Hall–Kier alpha value is -0.740. The van der Waals surface area contributed by atoms with E-state index in [1.54, 1.807) is 0 Å². The molecule has 0 atom stereocenters. The zero-order chi connectivity index (χ0) is 9.78. The Kier molecular flexibility index (Phi) is 4.06. The molecule has 5 heteroatoms. The van der Waals surface area contributed by atoms with Crippen molar-refractivity contribution < 1.29 is 18.0 Å². The van der Waals surface area contributed by atoms with E-state index in [-0.39, 0.29) is 12.5 Å². The fourth-order valence-corrected chi connectivity index (χ4v) is 0.563. The van der Waals surface area contributed by atoms with E-state index in [1.165, 1.54) is 0 Å². The van der Waals surface area contributed by atoms with Gasteiger partial charge in [-0.3, -0.25) is 4.79 Å². The summed E-state index contributed by atoms with van der Waals surface area (Å²) in [5.41, 5.74) is 0. The predicted molar refractivity (Wildman–Crippen MR) is 38.5 cm³/mol. The fraction of sp³-hybridized carbons (Fsp3) is 0.857. The van der Waals surface area contributed by atoms with E-state index in [0.717, 1.165) is 0 Å². The van der Waals surface area contributed by atoms with Gasteiger partial charge in [-0.15, -0.1) is 0 Å². The molecule has 0 aromatic rings. The van der Waals surface area contributed by atoms with Crippen LogP contribution in [-0.2, 0) is 4.79 Å². The Labute approximate surface area is 69.1 Å². The molecule has 0 saturated carbocycles. The van der Waals surface area contributed by atoms with Crippen molar-refractivity contribution in [2.45, 2.75) is 26.4 Å². The molecule has 0 rings (SSSR count). The first-order chi connectivity index (χ1) is 5.31. The van der Waals surface area contributed by atoms with Crippen LogP contribution in [0.5, 0.6) is 0 Å². The highest BCUT2D eigenvalue weighted by Crippen LogP contribution is 2.18. The van der Waals surface area contributed by atoms with E-state index < -0.39 is 18.5 Å². The van der Waals surface area contributed by atoms with Gasteiger partial charge in [-0.1, -0.05) is 13.8 Å². The van der Waals surface area contributed by atoms with Gasteiger partial charge in [-0.2, -0.15) is 13.2 Å². The van der Waals surface area contributed by atoms with Gasteiger partial charge in [-0.25, -0.2) is 0 Å². The number of amides is 1. The summed E-state index contributed by atoms with van der Waals surface area (Å²) in [7, 11) is 0. The Bertz CT molecular complexity index is 153. The smallest absolute Gasteiger partial charge is 0.356 e. The number of alkyl halides is 3. The third-order valence-electron chi connectivity index (χ3n) is 1.07. The van der Waals surface area contributed by atoms with Crippen LogP contribution < -0.4 is 5.32 Å². The first kappa shape index (κ1) is 11.3. The van der Waals surface area contributed by atoms with Crippen molar-refractivity contribution in [1.29, 1.82) is 0 Å². The second kappa shape index (κ2) is 4.33. The van der Waals surface area contributed by atoms with Crippen molar-refractivity contribution in [3.05, 3.63) is 0 Å². The highest BCUT2D eigenvalue weighted by molar-refractivity contribution is 5.76. The summed E-state index contributed by atoms with van der Waals surface area (Å²) in [6, 6.07) is 0. The summed E-state index contributed by atoms with van der Waals surface area (Å²) >= 11 is 0. The van der Waals surface area contributed by atoms with Gasteiger partial charge in [-0.05, 0) is 5.92 Å². The molecule has 1 amide bonds. The fourth-order valence-electron chi connectivity index (χ4n) is 0.563. The van der Waals surface area contributed by atoms with Crippen molar-refractivity contribution in [3.8, 4) is 0 Å². The molecule has 0 saturated heterocycles. The van der Waals surface area contributed by atoms with Gasteiger partial charge in [0.2, 0.25) is 5.91 Å². The molecule has 0 aromatic heterocycles. The molecular formula is C7H12F3NO. The second-order valence-electron chi connectivity index (χ2n) is 2.99. The van der Waals surface area contributed by atoms with Gasteiger partial charge in [0, 0.05) is 6.54 Å². The Morgan fingerprint density at radius 2 is 1.92 bits per heavy atom. The lowest BCUT2D eigenvalue weighted by Gasteiger charge is -2.08. The molecule has 0 fully saturated rings. The summed E-state index contributed by atoms with van der Waals surface area (Å²) in [6.07, 6.45) is -5.79. The van der Waals surface area contributed by atoms with Gasteiger partial charge < -0.3 is 5.32 Å². The topological polar surface area (TPSA) is 29.1 Å². The van der Waals surface area contributed by atoms with Gasteiger partial charge >= 0.3 is 6.18 Å². The lowest BCUT2D eigenvalue weighted by molar-refractivity contribution is -0.153. The molecule has 0 bridgehead atoms. The molecule has 12 heavy (non-hydrogen) atoms. The maximum Gasteiger partial charge on any atom is 0.397 e. The van der Waals surface area contributed by atoms with E-state index >= 15 is 0 Å². The largest absolute Gasteiger partial charge is 0.397 e. The Balaban J connectivity index is 3.61. The summed E-state index contributed by atoms with van der Waals surface area (Å²) in [4.78, 5) is 10.5. The monoisotopic (exact) mass is 183 g/mol. The zero-order valence-corrected chi connectivity index (χ0v) is 7.03. The highest BCUT2D eigenvalue weighted by atomic mass is 19.4. The Morgan fingerprint density at radius 3 is 2.25 bits per heavy atom. The maximum absolute atomic E-state index is 11.6. The lowest BCUT2D eigenvalue weighted by atomic mass is 10.2. The molecule has 2 nitrogen and oxygen atoms in total.